The minimum Gasteiger partial charge on any atom is -0.484 e. The number of amides is 2. The molecule has 0 radical (unpaired) electrons. The van der Waals surface area contributed by atoms with Crippen molar-refractivity contribution in [3.63, 3.8) is 0 Å². The Balaban J connectivity index is 1.51. The number of rotatable bonds is 7. The number of carbonyl (C=O) groups excluding carboxylic acids is 2. The van der Waals surface area contributed by atoms with Gasteiger partial charge in [0.15, 0.2) is 6.61 Å². The molecule has 0 spiro atoms. The smallest absolute Gasteiger partial charge is 0.292 e. The number of carbonyl (C=O) groups is 2. The summed E-state index contributed by atoms with van der Waals surface area (Å²) in [7, 11) is 3.33. The Kier molecular flexibility index (Phi) is 7.07. The Morgan fingerprint density at radius 2 is 1.77 bits per heavy atom. The highest BCUT2D eigenvalue weighted by molar-refractivity contribution is 5.92. The summed E-state index contributed by atoms with van der Waals surface area (Å²) in [5.41, 5.74) is 1.33. The molecule has 2 amide bonds. The minimum atomic E-state index is -0.377. The van der Waals surface area contributed by atoms with E-state index in [2.05, 4.69) is 5.32 Å². The maximum Gasteiger partial charge on any atom is 0.292 e. The maximum atomic E-state index is 12.6. The van der Waals surface area contributed by atoms with E-state index in [1.165, 1.54) is 11.0 Å². The number of piperidine rings is 1. The van der Waals surface area contributed by atoms with Gasteiger partial charge >= 0.3 is 0 Å². The molecule has 9 nitrogen and oxygen atoms in total. The summed E-state index contributed by atoms with van der Waals surface area (Å²) in [5, 5.41) is 14.2. The van der Waals surface area contributed by atoms with E-state index in [0.29, 0.717) is 43.1 Å². The zero-order valence-corrected chi connectivity index (χ0v) is 17.6. The quantitative estimate of drug-likeness (QED) is 0.539. The number of nitrogens with zero attached hydrogens (tertiary/aromatic N) is 3. The van der Waals surface area contributed by atoms with Gasteiger partial charge in [-0.2, -0.15) is 0 Å². The molecule has 31 heavy (non-hydrogen) atoms. The van der Waals surface area contributed by atoms with Crippen molar-refractivity contribution in [2.45, 2.75) is 12.8 Å². The molecule has 0 aromatic heterocycles. The van der Waals surface area contributed by atoms with E-state index in [4.69, 9.17) is 4.74 Å². The van der Waals surface area contributed by atoms with Crippen LogP contribution in [0.3, 0.4) is 0 Å². The van der Waals surface area contributed by atoms with Gasteiger partial charge in [-0.25, -0.2) is 0 Å². The third-order valence-corrected chi connectivity index (χ3v) is 5.27. The van der Waals surface area contributed by atoms with Crippen LogP contribution in [0.2, 0.25) is 0 Å². The third kappa shape index (κ3) is 5.71. The van der Waals surface area contributed by atoms with Crippen molar-refractivity contribution >= 4 is 28.9 Å². The van der Waals surface area contributed by atoms with E-state index in [1.807, 2.05) is 4.90 Å². The van der Waals surface area contributed by atoms with E-state index in [0.717, 1.165) is 0 Å². The second-order valence-corrected chi connectivity index (χ2v) is 7.60. The fraction of sp³-hybridized carbons (Fsp3) is 0.364. The van der Waals surface area contributed by atoms with Gasteiger partial charge in [0.25, 0.3) is 11.6 Å². The summed E-state index contributed by atoms with van der Waals surface area (Å²) in [5.74, 6) is 0.182. The molecule has 0 bridgehead atoms. The number of nitrogens with one attached hydrogen (secondary N) is 1. The van der Waals surface area contributed by atoms with Crippen LogP contribution in [0.5, 0.6) is 5.75 Å². The fourth-order valence-corrected chi connectivity index (χ4v) is 3.42. The molecule has 1 aliphatic rings. The second kappa shape index (κ2) is 9.92. The Morgan fingerprint density at radius 1 is 1.13 bits per heavy atom. The number of ether oxygens (including phenoxy) is 1. The van der Waals surface area contributed by atoms with E-state index in [9.17, 15) is 19.7 Å². The number of nitro benzene ring substituents is 1. The molecule has 1 fully saturated rings. The zero-order valence-electron chi connectivity index (χ0n) is 17.6. The van der Waals surface area contributed by atoms with Crippen molar-refractivity contribution in [2.24, 2.45) is 5.92 Å². The number of benzene rings is 2. The first-order valence-electron chi connectivity index (χ1n) is 10.1. The van der Waals surface area contributed by atoms with Crippen LogP contribution in [0.1, 0.15) is 12.8 Å². The summed E-state index contributed by atoms with van der Waals surface area (Å²) >= 11 is 0. The molecule has 0 unspecified atom stereocenters. The number of nitro groups is 1. The van der Waals surface area contributed by atoms with Gasteiger partial charge in [0.2, 0.25) is 5.91 Å². The first-order chi connectivity index (χ1) is 14.8. The Labute approximate surface area is 180 Å². The molecular weight excluding hydrogens is 400 g/mol. The molecule has 0 aliphatic carbocycles. The first kappa shape index (κ1) is 22.1. The van der Waals surface area contributed by atoms with Gasteiger partial charge in [-0.3, -0.25) is 19.7 Å². The Hall–Kier alpha value is -3.62. The van der Waals surface area contributed by atoms with Crippen LogP contribution in [0, 0.1) is 16.0 Å². The number of anilines is 2. The van der Waals surface area contributed by atoms with E-state index < -0.39 is 0 Å². The van der Waals surface area contributed by atoms with Gasteiger partial charge in [-0.05, 0) is 43.2 Å². The largest absolute Gasteiger partial charge is 0.484 e. The maximum absolute atomic E-state index is 12.6. The van der Waals surface area contributed by atoms with Gasteiger partial charge in [0, 0.05) is 44.9 Å². The molecular formula is C22H26N4O5. The number of hydrogen-bond acceptors (Lipinski definition) is 6. The molecule has 0 saturated carbocycles. The predicted octanol–water partition coefficient (Wildman–Crippen LogP) is 2.92. The number of likely N-dealkylation sites (N-methyl/N-ethyl adjacent to an activating group) is 1. The SMILES string of the molecule is CN(C)C(=O)COc1ccc(NC(=O)C2CCN(c3ccccc3[N+](=O)[O-])CC2)cc1. The van der Waals surface area contributed by atoms with Crippen molar-refractivity contribution < 1.29 is 19.2 Å². The molecule has 164 valence electrons. The van der Waals surface area contributed by atoms with Crippen LogP contribution < -0.4 is 15.0 Å². The zero-order chi connectivity index (χ0) is 22.4. The van der Waals surface area contributed by atoms with Crippen molar-refractivity contribution in [1.29, 1.82) is 0 Å². The topological polar surface area (TPSA) is 105 Å². The van der Waals surface area contributed by atoms with Crippen molar-refractivity contribution in [2.75, 3.05) is 44.0 Å². The first-order valence-corrected chi connectivity index (χ1v) is 10.1. The highest BCUT2D eigenvalue weighted by atomic mass is 16.6. The molecule has 9 heteroatoms. The molecule has 1 saturated heterocycles. The lowest BCUT2D eigenvalue weighted by Crippen LogP contribution is -2.38. The average Bonchev–Trinajstić information content (AvgIpc) is 2.78. The van der Waals surface area contributed by atoms with Crippen LogP contribution in [0.4, 0.5) is 17.1 Å². The van der Waals surface area contributed by atoms with Gasteiger partial charge in [-0.1, -0.05) is 12.1 Å². The summed E-state index contributed by atoms with van der Waals surface area (Å²) < 4.78 is 5.43. The summed E-state index contributed by atoms with van der Waals surface area (Å²) in [6.45, 7) is 1.11. The lowest BCUT2D eigenvalue weighted by molar-refractivity contribution is -0.384. The van der Waals surface area contributed by atoms with Crippen molar-refractivity contribution in [3.8, 4) is 5.75 Å². The van der Waals surface area contributed by atoms with Crippen LogP contribution >= 0.6 is 0 Å². The summed E-state index contributed by atoms with van der Waals surface area (Å²) in [4.78, 5) is 38.5. The molecule has 0 atom stereocenters. The van der Waals surface area contributed by atoms with Gasteiger partial charge < -0.3 is 19.9 Å². The minimum absolute atomic E-state index is 0.0448. The number of para-hydroxylation sites is 2. The normalized spacial score (nSPS) is 14.1. The number of hydrogen-bond donors (Lipinski definition) is 1. The third-order valence-electron chi connectivity index (χ3n) is 5.27. The van der Waals surface area contributed by atoms with Crippen LogP contribution in [-0.2, 0) is 9.59 Å². The predicted molar refractivity (Wildman–Crippen MR) is 117 cm³/mol. The lowest BCUT2D eigenvalue weighted by atomic mass is 9.95. The van der Waals surface area contributed by atoms with Crippen molar-refractivity contribution in [1.82, 2.24) is 4.90 Å². The van der Waals surface area contributed by atoms with Crippen LogP contribution in [0.15, 0.2) is 48.5 Å². The van der Waals surface area contributed by atoms with Crippen LogP contribution in [-0.4, -0.2) is 55.4 Å². The Bertz CT molecular complexity index is 937. The van der Waals surface area contributed by atoms with Crippen LogP contribution in [0.25, 0.3) is 0 Å². The Morgan fingerprint density at radius 3 is 2.39 bits per heavy atom. The highest BCUT2D eigenvalue weighted by Gasteiger charge is 2.28. The van der Waals surface area contributed by atoms with Crippen molar-refractivity contribution in [3.05, 3.63) is 58.6 Å². The van der Waals surface area contributed by atoms with E-state index in [-0.39, 0.29) is 34.9 Å². The van der Waals surface area contributed by atoms with Gasteiger partial charge in [-0.15, -0.1) is 0 Å². The molecule has 1 aliphatic heterocycles. The lowest BCUT2D eigenvalue weighted by Gasteiger charge is -2.32. The average molecular weight is 426 g/mol. The monoisotopic (exact) mass is 426 g/mol. The van der Waals surface area contributed by atoms with E-state index >= 15 is 0 Å². The van der Waals surface area contributed by atoms with Gasteiger partial charge in [0.05, 0.1) is 4.92 Å². The molecule has 2 aromatic rings. The fourth-order valence-electron chi connectivity index (χ4n) is 3.42. The molecule has 3 rings (SSSR count). The molecule has 1 heterocycles. The summed E-state index contributed by atoms with van der Waals surface area (Å²) in [6, 6.07) is 13.5. The summed E-state index contributed by atoms with van der Waals surface area (Å²) in [6.07, 6.45) is 1.23. The van der Waals surface area contributed by atoms with E-state index in [1.54, 1.807) is 56.6 Å². The standard InChI is InChI=1S/C22H26N4O5/c1-24(2)21(27)15-31-18-9-7-17(8-10-18)23-22(28)16-11-13-25(14-12-16)19-5-3-4-6-20(19)26(29)30/h3-10,16H,11-15H2,1-2H3,(H,23,28). The highest BCUT2D eigenvalue weighted by Crippen LogP contribution is 2.31. The van der Waals surface area contributed by atoms with Gasteiger partial charge in [0.1, 0.15) is 11.4 Å². The second-order valence-electron chi connectivity index (χ2n) is 7.60. The molecule has 1 N–H and O–H groups in total. The molecule has 2 aromatic carbocycles.